The second kappa shape index (κ2) is 10.1. The maximum atomic E-state index is 13.4. The molecule has 168 valence electrons. The van der Waals surface area contributed by atoms with E-state index < -0.39 is 6.67 Å². The van der Waals surface area contributed by atoms with Crippen LogP contribution in [-0.4, -0.2) is 41.9 Å². The molecule has 0 aliphatic heterocycles. The summed E-state index contributed by atoms with van der Waals surface area (Å²) < 4.78 is 19.6. The van der Waals surface area contributed by atoms with Gasteiger partial charge in [0.15, 0.2) is 0 Å². The molecule has 0 unspecified atom stereocenters. The molecule has 2 aromatic heterocycles. The van der Waals surface area contributed by atoms with Crippen molar-refractivity contribution in [3.63, 3.8) is 0 Å². The van der Waals surface area contributed by atoms with E-state index in [0.29, 0.717) is 29.0 Å². The molecule has 0 spiro atoms. The molecule has 0 bridgehead atoms. The maximum Gasteiger partial charge on any atom is 0.277 e. The van der Waals surface area contributed by atoms with Gasteiger partial charge in [0.2, 0.25) is 0 Å². The molecule has 2 aromatic carbocycles. The third kappa shape index (κ3) is 5.26. The van der Waals surface area contributed by atoms with E-state index in [9.17, 15) is 9.18 Å². The second-order valence-corrected chi connectivity index (χ2v) is 7.76. The summed E-state index contributed by atoms with van der Waals surface area (Å²) in [6.07, 6.45) is 7.02. The van der Waals surface area contributed by atoms with E-state index in [1.54, 1.807) is 41.2 Å². The van der Waals surface area contributed by atoms with Crippen LogP contribution in [0.15, 0.2) is 71.8 Å². The number of halogens is 1. The van der Waals surface area contributed by atoms with E-state index in [0.717, 1.165) is 16.8 Å². The molecule has 0 aliphatic carbocycles. The van der Waals surface area contributed by atoms with Gasteiger partial charge < -0.3 is 14.2 Å². The molecule has 0 aliphatic rings. The summed E-state index contributed by atoms with van der Waals surface area (Å²) in [6, 6.07) is 17.0. The lowest BCUT2D eigenvalue weighted by atomic mass is 10.1. The Labute approximate surface area is 191 Å². The topological polar surface area (TPSA) is 60.3 Å². The normalized spacial score (nSPS) is 11.2. The molecule has 0 saturated heterocycles. The highest BCUT2D eigenvalue weighted by atomic mass is 19.1. The van der Waals surface area contributed by atoms with Crippen LogP contribution in [0.25, 0.3) is 23.2 Å². The molecule has 4 rings (SSSR count). The molecule has 0 atom stereocenters. The van der Waals surface area contributed by atoms with Gasteiger partial charge in [-0.25, -0.2) is 9.37 Å². The highest BCUT2D eigenvalue weighted by Gasteiger charge is 2.11. The molecular formula is C26H25FN4O2. The molecule has 0 amide bonds. The van der Waals surface area contributed by atoms with Crippen LogP contribution in [0.1, 0.15) is 16.8 Å². The molecule has 4 aromatic rings. The highest BCUT2D eigenvalue weighted by Crippen LogP contribution is 2.20. The number of rotatable bonds is 8. The van der Waals surface area contributed by atoms with E-state index in [1.165, 1.54) is 0 Å². The fourth-order valence-corrected chi connectivity index (χ4v) is 3.49. The lowest BCUT2D eigenvalue weighted by molar-refractivity contribution is 0.273. The number of hydrogen-bond donors (Lipinski definition) is 0. The van der Waals surface area contributed by atoms with Gasteiger partial charge in [0.05, 0.1) is 17.6 Å². The Morgan fingerprint density at radius 2 is 1.91 bits per heavy atom. The molecule has 0 N–H and O–H groups in total. The van der Waals surface area contributed by atoms with Crippen LogP contribution in [0.5, 0.6) is 5.75 Å². The van der Waals surface area contributed by atoms with Gasteiger partial charge in [0.25, 0.3) is 5.56 Å². The summed E-state index contributed by atoms with van der Waals surface area (Å²) in [6.45, 7) is -0.252. The molecule has 7 heteroatoms. The van der Waals surface area contributed by atoms with Crippen molar-refractivity contribution < 1.29 is 9.13 Å². The molecule has 6 nitrogen and oxygen atoms in total. The van der Waals surface area contributed by atoms with Crippen LogP contribution in [0, 0.1) is 0 Å². The predicted octanol–water partition coefficient (Wildman–Crippen LogP) is 4.42. The Morgan fingerprint density at radius 3 is 2.61 bits per heavy atom. The molecule has 33 heavy (non-hydrogen) atoms. The van der Waals surface area contributed by atoms with E-state index in [2.05, 4.69) is 9.97 Å². The first-order chi connectivity index (χ1) is 16.0. The maximum absolute atomic E-state index is 13.4. The number of ether oxygens (including phenoxy) is 1. The van der Waals surface area contributed by atoms with Gasteiger partial charge in [-0.1, -0.05) is 24.3 Å². The smallest absolute Gasteiger partial charge is 0.277 e. The molecule has 0 fully saturated rings. The molecule has 2 heterocycles. The van der Waals surface area contributed by atoms with Crippen molar-refractivity contribution in [1.29, 1.82) is 0 Å². The minimum Gasteiger partial charge on any atom is -0.491 e. The average Bonchev–Trinajstić information content (AvgIpc) is 2.84. The number of aromatic nitrogens is 3. The summed E-state index contributed by atoms with van der Waals surface area (Å²) in [7, 11) is 3.97. The number of fused-ring (bicyclic) bond motifs is 1. The summed E-state index contributed by atoms with van der Waals surface area (Å²) in [5.41, 5.74) is 4.33. The fraction of sp³-hybridized carbons (Fsp3) is 0.192. The Kier molecular flexibility index (Phi) is 6.78. The third-order valence-corrected chi connectivity index (χ3v) is 5.20. The van der Waals surface area contributed by atoms with Crippen molar-refractivity contribution in [3.8, 4) is 5.75 Å². The number of benzene rings is 2. The second-order valence-electron chi connectivity index (χ2n) is 7.76. The van der Waals surface area contributed by atoms with Crippen LogP contribution in [0.3, 0.4) is 0 Å². The Bertz CT molecular complexity index is 1320. The first-order valence-electron chi connectivity index (χ1n) is 10.6. The zero-order chi connectivity index (χ0) is 23.2. The van der Waals surface area contributed by atoms with Gasteiger partial charge in [-0.15, -0.1) is 0 Å². The zero-order valence-corrected chi connectivity index (χ0v) is 18.6. The average molecular weight is 445 g/mol. The van der Waals surface area contributed by atoms with Crippen LogP contribution < -0.4 is 15.2 Å². The van der Waals surface area contributed by atoms with Crippen molar-refractivity contribution in [1.82, 2.24) is 14.5 Å². The molecular weight excluding hydrogens is 419 g/mol. The number of hydrogen-bond acceptors (Lipinski definition) is 5. The van der Waals surface area contributed by atoms with E-state index in [-0.39, 0.29) is 12.2 Å². The van der Waals surface area contributed by atoms with Crippen molar-refractivity contribution in [3.05, 3.63) is 94.2 Å². The van der Waals surface area contributed by atoms with Crippen molar-refractivity contribution in [2.24, 2.45) is 0 Å². The van der Waals surface area contributed by atoms with Gasteiger partial charge in [0, 0.05) is 38.2 Å². The first kappa shape index (κ1) is 22.2. The minimum absolute atomic E-state index is 0.0312. The fourth-order valence-electron chi connectivity index (χ4n) is 3.49. The van der Waals surface area contributed by atoms with Crippen LogP contribution in [0.4, 0.5) is 10.1 Å². The Hall–Kier alpha value is -4.00. The minimum atomic E-state index is -0.577. The van der Waals surface area contributed by atoms with Crippen LogP contribution >= 0.6 is 0 Å². The van der Waals surface area contributed by atoms with Crippen LogP contribution in [-0.2, 0) is 6.54 Å². The summed E-state index contributed by atoms with van der Waals surface area (Å²) >= 11 is 0. The summed E-state index contributed by atoms with van der Waals surface area (Å²) in [4.78, 5) is 24.1. The van der Waals surface area contributed by atoms with Crippen molar-refractivity contribution in [2.45, 2.75) is 6.54 Å². The molecule has 0 saturated carbocycles. The number of alkyl halides is 1. The Balaban J connectivity index is 1.77. The molecule has 0 radical (unpaired) electrons. The van der Waals surface area contributed by atoms with Crippen LogP contribution in [0.2, 0.25) is 0 Å². The first-order valence-corrected chi connectivity index (χ1v) is 10.6. The standard InChI is InChI=1S/C26H25FN4O2/c1-30(2)21-8-5-19(6-9-21)7-11-23-26(32)31(18-20-4-3-14-28-17-20)25-12-10-22(33-15-13-27)16-24(25)29-23/h3-12,14,16-17H,13,15,18H2,1-2H3/b11-7+. The lowest BCUT2D eigenvalue weighted by Gasteiger charge is -2.13. The lowest BCUT2D eigenvalue weighted by Crippen LogP contribution is -2.24. The van der Waals surface area contributed by atoms with E-state index >= 15 is 0 Å². The largest absolute Gasteiger partial charge is 0.491 e. The van der Waals surface area contributed by atoms with Gasteiger partial charge in [-0.05, 0) is 47.5 Å². The summed E-state index contributed by atoms with van der Waals surface area (Å²) in [5, 5.41) is 0. The van der Waals surface area contributed by atoms with Crippen molar-refractivity contribution in [2.75, 3.05) is 32.3 Å². The SMILES string of the molecule is CN(C)c1ccc(/C=C/c2nc3cc(OCCF)ccc3n(Cc3cccnc3)c2=O)cc1. The van der Waals surface area contributed by atoms with Gasteiger partial charge in [0.1, 0.15) is 24.7 Å². The number of anilines is 1. The van der Waals surface area contributed by atoms with E-state index in [1.807, 2.05) is 61.5 Å². The Morgan fingerprint density at radius 1 is 1.09 bits per heavy atom. The zero-order valence-electron chi connectivity index (χ0n) is 18.6. The monoisotopic (exact) mass is 444 g/mol. The number of pyridine rings is 1. The quantitative estimate of drug-likeness (QED) is 0.403. The van der Waals surface area contributed by atoms with Gasteiger partial charge in [-0.2, -0.15) is 0 Å². The van der Waals surface area contributed by atoms with Gasteiger partial charge in [-0.3, -0.25) is 9.78 Å². The van der Waals surface area contributed by atoms with E-state index in [4.69, 9.17) is 4.74 Å². The summed E-state index contributed by atoms with van der Waals surface area (Å²) in [5.74, 6) is 0.508. The van der Waals surface area contributed by atoms with Crippen molar-refractivity contribution >= 4 is 28.9 Å². The predicted molar refractivity (Wildman–Crippen MR) is 131 cm³/mol. The highest BCUT2D eigenvalue weighted by molar-refractivity contribution is 5.79. The van der Waals surface area contributed by atoms with Gasteiger partial charge >= 0.3 is 0 Å². The number of nitrogens with zero attached hydrogens (tertiary/aromatic N) is 4. The third-order valence-electron chi connectivity index (χ3n) is 5.20.